The van der Waals surface area contributed by atoms with Crippen LogP contribution in [0, 0.1) is 12.7 Å². The number of H-pyrrole nitrogens is 1. The molecule has 0 radical (unpaired) electrons. The zero-order chi connectivity index (χ0) is 14.8. The van der Waals surface area contributed by atoms with E-state index in [1.54, 1.807) is 11.3 Å². The van der Waals surface area contributed by atoms with E-state index >= 15 is 0 Å². The smallest absolute Gasteiger partial charge is 0.255 e. The summed E-state index contributed by atoms with van der Waals surface area (Å²) >= 11 is 1.54. The number of hydrogen-bond donors (Lipinski definition) is 2. The van der Waals surface area contributed by atoms with Gasteiger partial charge >= 0.3 is 0 Å². The number of carbonyl (C=O) groups is 1. The van der Waals surface area contributed by atoms with Gasteiger partial charge in [0.2, 0.25) is 0 Å². The molecule has 2 N–H and O–H groups in total. The molecule has 0 unspecified atom stereocenters. The first kappa shape index (κ1) is 13.5. The van der Waals surface area contributed by atoms with Crippen molar-refractivity contribution in [2.75, 3.05) is 5.32 Å². The Balaban J connectivity index is 1.90. The molecule has 6 heteroatoms. The molecule has 106 valence electrons. The van der Waals surface area contributed by atoms with Gasteiger partial charge < -0.3 is 5.32 Å². The van der Waals surface area contributed by atoms with Crippen LogP contribution in [-0.2, 0) is 0 Å². The van der Waals surface area contributed by atoms with Crippen molar-refractivity contribution in [2.45, 2.75) is 6.92 Å². The van der Waals surface area contributed by atoms with Gasteiger partial charge in [0.25, 0.3) is 5.91 Å². The Morgan fingerprint density at radius 1 is 1.29 bits per heavy atom. The van der Waals surface area contributed by atoms with E-state index in [-0.39, 0.29) is 11.7 Å². The number of nitrogens with zero attached hydrogens (tertiary/aromatic N) is 1. The van der Waals surface area contributed by atoms with Crippen molar-refractivity contribution in [3.05, 3.63) is 58.9 Å². The second-order valence-corrected chi connectivity index (χ2v) is 5.46. The summed E-state index contributed by atoms with van der Waals surface area (Å²) in [7, 11) is 0. The second kappa shape index (κ2) is 5.49. The topological polar surface area (TPSA) is 57.8 Å². The molecule has 0 saturated carbocycles. The van der Waals surface area contributed by atoms with Gasteiger partial charge in [0.05, 0.1) is 16.3 Å². The van der Waals surface area contributed by atoms with E-state index in [1.807, 2.05) is 24.4 Å². The fraction of sp³-hybridized carbons (Fsp3) is 0.0667. The van der Waals surface area contributed by atoms with Gasteiger partial charge in [-0.2, -0.15) is 5.10 Å². The van der Waals surface area contributed by atoms with Crippen LogP contribution in [0.4, 0.5) is 10.1 Å². The molecule has 1 amide bonds. The van der Waals surface area contributed by atoms with Crippen molar-refractivity contribution in [1.82, 2.24) is 10.2 Å². The van der Waals surface area contributed by atoms with E-state index in [4.69, 9.17) is 0 Å². The van der Waals surface area contributed by atoms with Gasteiger partial charge in [-0.3, -0.25) is 9.89 Å². The fourth-order valence-electron chi connectivity index (χ4n) is 1.96. The highest BCUT2D eigenvalue weighted by molar-refractivity contribution is 7.13. The first-order chi connectivity index (χ1) is 10.1. The summed E-state index contributed by atoms with van der Waals surface area (Å²) < 4.78 is 12.9. The molecule has 0 atom stereocenters. The monoisotopic (exact) mass is 301 g/mol. The van der Waals surface area contributed by atoms with Crippen LogP contribution in [0.2, 0.25) is 0 Å². The number of carbonyl (C=O) groups excluding carboxylic acids is 1. The molecule has 1 aromatic carbocycles. The van der Waals surface area contributed by atoms with Gasteiger partial charge in [-0.05, 0) is 42.6 Å². The number of amides is 1. The average Bonchev–Trinajstić information content (AvgIpc) is 3.10. The predicted molar refractivity (Wildman–Crippen MR) is 81.0 cm³/mol. The molecule has 21 heavy (non-hydrogen) atoms. The normalized spacial score (nSPS) is 10.6. The molecule has 0 saturated heterocycles. The molecular weight excluding hydrogens is 289 g/mol. The summed E-state index contributed by atoms with van der Waals surface area (Å²) in [4.78, 5) is 13.2. The van der Waals surface area contributed by atoms with Crippen molar-refractivity contribution in [3.63, 3.8) is 0 Å². The van der Waals surface area contributed by atoms with Crippen LogP contribution in [0.1, 0.15) is 16.1 Å². The Bertz CT molecular complexity index is 763. The molecule has 2 aromatic heterocycles. The first-order valence-electron chi connectivity index (χ1n) is 6.31. The van der Waals surface area contributed by atoms with Crippen LogP contribution >= 0.6 is 11.3 Å². The number of nitrogens with one attached hydrogen (secondary N) is 2. The Morgan fingerprint density at radius 2 is 2.05 bits per heavy atom. The molecule has 3 aromatic rings. The lowest BCUT2D eigenvalue weighted by molar-refractivity contribution is 0.102. The van der Waals surface area contributed by atoms with E-state index in [9.17, 15) is 9.18 Å². The largest absolute Gasteiger partial charge is 0.319 e. The minimum Gasteiger partial charge on any atom is -0.319 e. The highest BCUT2D eigenvalue weighted by Crippen LogP contribution is 2.31. The van der Waals surface area contributed by atoms with Crippen molar-refractivity contribution < 1.29 is 9.18 Å². The summed E-state index contributed by atoms with van der Waals surface area (Å²) in [5, 5.41) is 11.9. The number of aromatic nitrogens is 2. The maximum Gasteiger partial charge on any atom is 0.255 e. The molecule has 4 nitrogen and oxygen atoms in total. The molecule has 0 aliphatic heterocycles. The summed E-state index contributed by atoms with van der Waals surface area (Å²) in [5.41, 5.74) is 2.52. The highest BCUT2D eigenvalue weighted by Gasteiger charge is 2.16. The van der Waals surface area contributed by atoms with E-state index in [0.29, 0.717) is 16.9 Å². The summed E-state index contributed by atoms with van der Waals surface area (Å²) in [6.07, 6.45) is 0. The van der Waals surface area contributed by atoms with Gasteiger partial charge in [0.1, 0.15) is 11.5 Å². The Morgan fingerprint density at radius 3 is 2.71 bits per heavy atom. The molecule has 2 heterocycles. The zero-order valence-corrected chi connectivity index (χ0v) is 12.0. The Hall–Kier alpha value is -2.47. The number of rotatable bonds is 3. The van der Waals surface area contributed by atoms with Crippen LogP contribution in [0.25, 0.3) is 10.6 Å². The number of thiophene rings is 1. The van der Waals surface area contributed by atoms with Crippen molar-refractivity contribution in [2.24, 2.45) is 0 Å². The van der Waals surface area contributed by atoms with Gasteiger partial charge in [0, 0.05) is 5.56 Å². The van der Waals surface area contributed by atoms with E-state index in [0.717, 1.165) is 10.6 Å². The van der Waals surface area contributed by atoms with Gasteiger partial charge in [0.15, 0.2) is 0 Å². The summed E-state index contributed by atoms with van der Waals surface area (Å²) in [6.45, 7) is 1.84. The SMILES string of the molecule is Cc1[nH]nc(-c2cccs2)c1NC(=O)c1ccc(F)cc1. The summed E-state index contributed by atoms with van der Waals surface area (Å²) in [5.74, 6) is -0.664. The predicted octanol–water partition coefficient (Wildman–Crippen LogP) is 3.84. The zero-order valence-electron chi connectivity index (χ0n) is 11.2. The molecule has 0 spiro atoms. The van der Waals surface area contributed by atoms with Crippen molar-refractivity contribution in [3.8, 4) is 10.6 Å². The minimum atomic E-state index is -0.370. The third kappa shape index (κ3) is 2.71. The second-order valence-electron chi connectivity index (χ2n) is 4.51. The lowest BCUT2D eigenvalue weighted by Gasteiger charge is -2.06. The molecule has 0 bridgehead atoms. The van der Waals surface area contributed by atoms with Gasteiger partial charge in [-0.15, -0.1) is 11.3 Å². The van der Waals surface area contributed by atoms with Crippen LogP contribution < -0.4 is 5.32 Å². The molecule has 3 rings (SSSR count). The molecule has 0 aliphatic carbocycles. The highest BCUT2D eigenvalue weighted by atomic mass is 32.1. The van der Waals surface area contributed by atoms with E-state index in [2.05, 4.69) is 15.5 Å². The van der Waals surface area contributed by atoms with E-state index in [1.165, 1.54) is 24.3 Å². The Kier molecular flexibility index (Phi) is 3.53. The quantitative estimate of drug-likeness (QED) is 0.772. The number of benzene rings is 1. The fourth-order valence-corrected chi connectivity index (χ4v) is 2.68. The summed E-state index contributed by atoms with van der Waals surface area (Å²) in [6, 6.07) is 9.29. The molecular formula is C15H12FN3OS. The minimum absolute atomic E-state index is 0.294. The molecule has 0 fully saturated rings. The maximum absolute atomic E-state index is 12.9. The van der Waals surface area contributed by atoms with Crippen LogP contribution in [0.3, 0.4) is 0 Å². The lowest BCUT2D eigenvalue weighted by Crippen LogP contribution is -2.12. The number of hydrogen-bond acceptors (Lipinski definition) is 3. The van der Waals surface area contributed by atoms with Crippen LogP contribution in [-0.4, -0.2) is 16.1 Å². The third-order valence-corrected chi connectivity index (χ3v) is 3.92. The standard InChI is InChI=1S/C15H12FN3OS/c1-9-13(14(19-18-9)12-3-2-8-21-12)17-15(20)10-4-6-11(16)7-5-10/h2-8H,1H3,(H,17,20)(H,18,19). The van der Waals surface area contributed by atoms with Gasteiger partial charge in [-0.25, -0.2) is 4.39 Å². The maximum atomic E-state index is 12.9. The van der Waals surface area contributed by atoms with Crippen LogP contribution in [0.5, 0.6) is 0 Å². The van der Waals surface area contributed by atoms with Crippen LogP contribution in [0.15, 0.2) is 41.8 Å². The average molecular weight is 301 g/mol. The third-order valence-electron chi connectivity index (χ3n) is 3.05. The number of halogens is 1. The molecule has 0 aliphatic rings. The Labute approximate surface area is 124 Å². The lowest BCUT2D eigenvalue weighted by atomic mass is 10.2. The number of anilines is 1. The van der Waals surface area contributed by atoms with E-state index < -0.39 is 0 Å². The van der Waals surface area contributed by atoms with Gasteiger partial charge in [-0.1, -0.05) is 6.07 Å². The van der Waals surface area contributed by atoms with Crippen molar-refractivity contribution in [1.29, 1.82) is 0 Å². The first-order valence-corrected chi connectivity index (χ1v) is 7.19. The number of aromatic amines is 1. The number of aryl methyl sites for hydroxylation is 1. The van der Waals surface area contributed by atoms with Crippen molar-refractivity contribution >= 4 is 22.9 Å².